The lowest BCUT2D eigenvalue weighted by molar-refractivity contribution is 0.103. The Morgan fingerprint density at radius 2 is 1.71 bits per heavy atom. The minimum atomic E-state index is 0.641. The van der Waals surface area contributed by atoms with E-state index in [2.05, 4.69) is 12.2 Å². The molecule has 82 valence electrons. The van der Waals surface area contributed by atoms with Crippen molar-refractivity contribution in [2.75, 3.05) is 13.2 Å². The van der Waals surface area contributed by atoms with Crippen molar-refractivity contribution in [3.05, 3.63) is 0 Å². The summed E-state index contributed by atoms with van der Waals surface area (Å²) in [5.41, 5.74) is 5.47. The molecule has 0 saturated heterocycles. The maximum Gasteiger partial charge on any atom is 0.0428 e. The monoisotopic (exact) mass is 196 g/mol. The molecule has 14 heavy (non-hydrogen) atoms. The molecule has 2 fully saturated rings. The van der Waals surface area contributed by atoms with Crippen LogP contribution in [0.4, 0.5) is 0 Å². The Labute approximate surface area is 87.6 Å². The largest absolute Gasteiger partial charge is 0.318 e. The van der Waals surface area contributed by atoms with Gasteiger partial charge in [-0.2, -0.15) is 0 Å². The molecule has 0 radical (unpaired) electrons. The summed E-state index contributed by atoms with van der Waals surface area (Å²) in [5.74, 6) is 3.96. The maximum absolute atomic E-state index is 5.47. The second kappa shape index (κ2) is 4.63. The summed E-state index contributed by atoms with van der Waals surface area (Å²) in [6, 6.07) is 0. The molecular formula is C12H24N2. The minimum absolute atomic E-state index is 0.641. The van der Waals surface area contributed by atoms with Crippen molar-refractivity contribution in [2.45, 2.75) is 39.0 Å². The van der Waals surface area contributed by atoms with Gasteiger partial charge in [-0.3, -0.25) is 0 Å². The summed E-state index contributed by atoms with van der Waals surface area (Å²) in [7, 11) is 0. The van der Waals surface area contributed by atoms with Crippen LogP contribution in [0.2, 0.25) is 0 Å². The molecule has 2 bridgehead atoms. The number of rotatable bonds is 3. The van der Waals surface area contributed by atoms with E-state index in [4.69, 9.17) is 5.73 Å². The number of nitrogens with one attached hydrogen (secondary N) is 1. The van der Waals surface area contributed by atoms with E-state index in [0.717, 1.165) is 30.2 Å². The zero-order chi connectivity index (χ0) is 9.97. The third-order valence-electron chi connectivity index (χ3n) is 4.05. The molecule has 2 saturated carbocycles. The molecular weight excluding hydrogens is 172 g/mol. The first-order valence-electron chi connectivity index (χ1n) is 6.18. The van der Waals surface area contributed by atoms with Crippen molar-refractivity contribution in [3.63, 3.8) is 0 Å². The van der Waals surface area contributed by atoms with Gasteiger partial charge in [-0.25, -0.2) is 0 Å². The van der Waals surface area contributed by atoms with Gasteiger partial charge in [-0.15, -0.1) is 0 Å². The van der Waals surface area contributed by atoms with Crippen LogP contribution in [0.3, 0.4) is 0 Å². The normalized spacial score (nSPS) is 42.4. The van der Waals surface area contributed by atoms with Gasteiger partial charge in [0, 0.05) is 6.67 Å². The van der Waals surface area contributed by atoms with Gasteiger partial charge in [0.1, 0.15) is 0 Å². The summed E-state index contributed by atoms with van der Waals surface area (Å²) in [5, 5.41) is 3.30. The summed E-state index contributed by atoms with van der Waals surface area (Å²) in [4.78, 5) is 0. The van der Waals surface area contributed by atoms with E-state index in [1.165, 1.54) is 32.1 Å². The lowest BCUT2D eigenvalue weighted by Gasteiger charge is -2.41. The van der Waals surface area contributed by atoms with Crippen LogP contribution in [0.15, 0.2) is 0 Å². The quantitative estimate of drug-likeness (QED) is 0.677. The van der Waals surface area contributed by atoms with Gasteiger partial charge in [0.25, 0.3) is 0 Å². The zero-order valence-electron chi connectivity index (χ0n) is 9.34. The molecule has 0 aromatic carbocycles. The van der Waals surface area contributed by atoms with Crippen LogP contribution in [0.1, 0.15) is 39.0 Å². The lowest BCUT2D eigenvalue weighted by Crippen LogP contribution is -2.36. The van der Waals surface area contributed by atoms with Crippen molar-refractivity contribution in [2.24, 2.45) is 29.4 Å². The number of hydrogen-bond acceptors (Lipinski definition) is 2. The molecule has 0 aliphatic heterocycles. The first-order valence-corrected chi connectivity index (χ1v) is 6.18. The minimum Gasteiger partial charge on any atom is -0.318 e. The molecule has 2 aliphatic carbocycles. The van der Waals surface area contributed by atoms with E-state index >= 15 is 0 Å². The molecule has 0 unspecified atom stereocenters. The SMILES string of the molecule is C[C@H]1C[C@@H]2C[C@H](CNCN)C[C@H](C1)C2. The van der Waals surface area contributed by atoms with Crippen molar-refractivity contribution in [1.82, 2.24) is 5.32 Å². The fraction of sp³-hybridized carbons (Fsp3) is 1.00. The van der Waals surface area contributed by atoms with E-state index in [1.54, 1.807) is 0 Å². The van der Waals surface area contributed by atoms with Crippen LogP contribution >= 0.6 is 0 Å². The molecule has 0 amide bonds. The lowest BCUT2D eigenvalue weighted by atomic mass is 9.65. The molecule has 2 rings (SSSR count). The Kier molecular flexibility index (Phi) is 3.45. The first kappa shape index (κ1) is 10.4. The van der Waals surface area contributed by atoms with Crippen molar-refractivity contribution in [1.29, 1.82) is 0 Å². The number of fused-ring (bicyclic) bond motifs is 2. The molecule has 2 aliphatic rings. The molecule has 3 N–H and O–H groups in total. The van der Waals surface area contributed by atoms with E-state index in [0.29, 0.717) is 6.67 Å². The zero-order valence-corrected chi connectivity index (χ0v) is 9.34. The van der Waals surface area contributed by atoms with Crippen molar-refractivity contribution < 1.29 is 0 Å². The van der Waals surface area contributed by atoms with Crippen LogP contribution in [-0.2, 0) is 0 Å². The van der Waals surface area contributed by atoms with E-state index in [1.807, 2.05) is 0 Å². The third-order valence-corrected chi connectivity index (χ3v) is 4.05. The smallest absolute Gasteiger partial charge is 0.0428 e. The van der Waals surface area contributed by atoms with Crippen LogP contribution in [-0.4, -0.2) is 13.2 Å². The van der Waals surface area contributed by atoms with Gasteiger partial charge >= 0.3 is 0 Å². The summed E-state index contributed by atoms with van der Waals surface area (Å²) < 4.78 is 0. The summed E-state index contributed by atoms with van der Waals surface area (Å²) in [6.07, 6.45) is 7.39. The van der Waals surface area contributed by atoms with Crippen molar-refractivity contribution in [3.8, 4) is 0 Å². The fourth-order valence-corrected chi connectivity index (χ4v) is 3.78. The van der Waals surface area contributed by atoms with E-state index in [-0.39, 0.29) is 0 Å². The molecule has 0 heterocycles. The predicted molar refractivity (Wildman–Crippen MR) is 59.8 cm³/mol. The Morgan fingerprint density at radius 1 is 1.07 bits per heavy atom. The standard InChI is InChI=1S/C12H24N2/c1-9-2-10-4-11(3-9)6-12(5-10)7-14-8-13/h9-12,14H,2-8,13H2,1H3/t9-,10-,11+,12-. The van der Waals surface area contributed by atoms with Crippen LogP contribution in [0, 0.1) is 23.7 Å². The van der Waals surface area contributed by atoms with E-state index in [9.17, 15) is 0 Å². The fourth-order valence-electron chi connectivity index (χ4n) is 3.78. The third kappa shape index (κ3) is 2.48. The maximum atomic E-state index is 5.47. The average Bonchev–Trinajstić information content (AvgIpc) is 2.12. The summed E-state index contributed by atoms with van der Waals surface area (Å²) >= 11 is 0. The van der Waals surface area contributed by atoms with Gasteiger partial charge in [0.15, 0.2) is 0 Å². The predicted octanol–water partition coefficient (Wildman–Crippen LogP) is 1.95. The topological polar surface area (TPSA) is 38.0 Å². The van der Waals surface area contributed by atoms with Gasteiger partial charge in [-0.05, 0) is 62.3 Å². The second-order valence-electron chi connectivity index (χ2n) is 5.54. The van der Waals surface area contributed by atoms with Gasteiger partial charge in [0.2, 0.25) is 0 Å². The molecule has 0 aromatic heterocycles. The summed E-state index contributed by atoms with van der Waals surface area (Å²) in [6.45, 7) is 4.22. The highest BCUT2D eigenvalue weighted by Gasteiger charge is 2.34. The van der Waals surface area contributed by atoms with Gasteiger partial charge in [-0.1, -0.05) is 6.92 Å². The molecule has 0 spiro atoms. The van der Waals surface area contributed by atoms with Crippen molar-refractivity contribution >= 4 is 0 Å². The van der Waals surface area contributed by atoms with Crippen LogP contribution in [0.25, 0.3) is 0 Å². The van der Waals surface area contributed by atoms with E-state index < -0.39 is 0 Å². The molecule has 2 nitrogen and oxygen atoms in total. The second-order valence-corrected chi connectivity index (χ2v) is 5.54. The Hall–Kier alpha value is -0.0800. The molecule has 2 heteroatoms. The first-order chi connectivity index (χ1) is 6.78. The molecule has 4 atom stereocenters. The van der Waals surface area contributed by atoms with Gasteiger partial charge in [0.05, 0.1) is 0 Å². The highest BCUT2D eigenvalue weighted by molar-refractivity contribution is 4.86. The Morgan fingerprint density at radius 3 is 2.29 bits per heavy atom. The number of hydrogen-bond donors (Lipinski definition) is 2. The van der Waals surface area contributed by atoms with Crippen LogP contribution in [0.5, 0.6) is 0 Å². The number of nitrogens with two attached hydrogens (primary N) is 1. The Balaban J connectivity index is 1.83. The average molecular weight is 196 g/mol. The Bertz CT molecular complexity index is 163. The highest BCUT2D eigenvalue weighted by Crippen LogP contribution is 2.44. The highest BCUT2D eigenvalue weighted by atomic mass is 15.0. The van der Waals surface area contributed by atoms with Crippen LogP contribution < -0.4 is 11.1 Å². The van der Waals surface area contributed by atoms with Gasteiger partial charge < -0.3 is 11.1 Å². The molecule has 0 aromatic rings.